The normalized spacial score (nSPS) is 20.4. The number of hydrogen-bond donors (Lipinski definition) is 0. The maximum Gasteiger partial charge on any atom is 0.416 e. The van der Waals surface area contributed by atoms with Crippen LogP contribution in [0.5, 0.6) is 0 Å². The first-order valence-corrected chi connectivity index (χ1v) is 8.81. The third-order valence-corrected chi connectivity index (χ3v) is 5.03. The highest BCUT2D eigenvalue weighted by Crippen LogP contribution is 2.49. The fourth-order valence-corrected chi connectivity index (χ4v) is 3.59. The molecule has 29 heavy (non-hydrogen) atoms. The zero-order chi connectivity index (χ0) is 21.2. The fourth-order valence-electron chi connectivity index (χ4n) is 3.59. The molecule has 0 bridgehead atoms. The van der Waals surface area contributed by atoms with Gasteiger partial charge in [-0.2, -0.15) is 13.2 Å². The molecule has 0 saturated heterocycles. The maximum absolute atomic E-state index is 12.9. The molecule has 0 spiro atoms. The summed E-state index contributed by atoms with van der Waals surface area (Å²) in [5, 5.41) is 0. The molecule has 0 saturated carbocycles. The third kappa shape index (κ3) is 3.66. The minimum absolute atomic E-state index is 0.166. The number of carbonyl (C=O) groups excluding carboxylic acids is 2. The quantitative estimate of drug-likeness (QED) is 0.552. The Balaban J connectivity index is 2.10. The van der Waals surface area contributed by atoms with Crippen LogP contribution >= 0.6 is 0 Å². The van der Waals surface area contributed by atoms with Gasteiger partial charge in [-0.25, -0.2) is 0 Å². The van der Waals surface area contributed by atoms with E-state index in [9.17, 15) is 22.8 Å². The molecule has 1 heterocycles. The Labute approximate surface area is 165 Å². The summed E-state index contributed by atoms with van der Waals surface area (Å²) in [6.07, 6.45) is 1.62. The van der Waals surface area contributed by atoms with E-state index >= 15 is 0 Å². The zero-order valence-electron chi connectivity index (χ0n) is 15.8. The van der Waals surface area contributed by atoms with Gasteiger partial charge in [-0.3, -0.25) is 9.59 Å². The topological polar surface area (TPSA) is 61.8 Å². The average molecular weight is 408 g/mol. The van der Waals surface area contributed by atoms with Gasteiger partial charge in [0.1, 0.15) is 11.9 Å². The SMILES string of the molecule is COC(=O)C1(C(=O)OC)CC(c2ccc(C(F)(F)F)cc2)OC2=C1C=CC=CC2. The van der Waals surface area contributed by atoms with E-state index in [0.29, 0.717) is 23.3 Å². The number of carbonyl (C=O) groups is 2. The number of allylic oxidation sites excluding steroid dienone is 4. The summed E-state index contributed by atoms with van der Waals surface area (Å²) in [5.74, 6) is -1.27. The van der Waals surface area contributed by atoms with Crippen molar-refractivity contribution in [1.29, 1.82) is 0 Å². The summed E-state index contributed by atoms with van der Waals surface area (Å²) in [7, 11) is 2.32. The van der Waals surface area contributed by atoms with Gasteiger partial charge in [0.05, 0.1) is 19.8 Å². The summed E-state index contributed by atoms with van der Waals surface area (Å²) >= 11 is 0. The first-order chi connectivity index (χ1) is 13.7. The number of methoxy groups -OCH3 is 2. The second-order valence-electron chi connectivity index (χ2n) is 6.65. The lowest BCUT2D eigenvalue weighted by Gasteiger charge is -2.39. The van der Waals surface area contributed by atoms with Crippen molar-refractivity contribution in [3.05, 3.63) is 71.0 Å². The van der Waals surface area contributed by atoms with Crippen molar-refractivity contribution in [1.82, 2.24) is 0 Å². The molecule has 1 aliphatic carbocycles. The van der Waals surface area contributed by atoms with Crippen molar-refractivity contribution in [2.24, 2.45) is 5.41 Å². The number of esters is 2. The van der Waals surface area contributed by atoms with Crippen LogP contribution in [0.25, 0.3) is 0 Å². The Hall–Kier alpha value is -3.03. The molecule has 0 aromatic heterocycles. The van der Waals surface area contributed by atoms with Crippen LogP contribution in [0.3, 0.4) is 0 Å². The molecule has 0 fully saturated rings. The van der Waals surface area contributed by atoms with Crippen molar-refractivity contribution in [2.45, 2.75) is 25.1 Å². The lowest BCUT2D eigenvalue weighted by atomic mass is 9.71. The van der Waals surface area contributed by atoms with Gasteiger partial charge < -0.3 is 14.2 Å². The van der Waals surface area contributed by atoms with Crippen LogP contribution in [0.1, 0.15) is 30.1 Å². The highest BCUT2D eigenvalue weighted by Gasteiger charge is 2.56. The zero-order valence-corrected chi connectivity index (χ0v) is 15.8. The van der Waals surface area contributed by atoms with E-state index < -0.39 is 35.2 Å². The number of ether oxygens (including phenoxy) is 3. The van der Waals surface area contributed by atoms with Crippen molar-refractivity contribution in [3.63, 3.8) is 0 Å². The summed E-state index contributed by atoms with van der Waals surface area (Å²) in [6.45, 7) is 0. The Morgan fingerprint density at radius 2 is 1.69 bits per heavy atom. The molecular formula is C21H19F3O5. The first kappa shape index (κ1) is 20.7. The molecule has 0 amide bonds. The van der Waals surface area contributed by atoms with E-state index in [1.807, 2.05) is 0 Å². The molecule has 5 nitrogen and oxygen atoms in total. The first-order valence-electron chi connectivity index (χ1n) is 8.81. The van der Waals surface area contributed by atoms with Crippen LogP contribution in [0.15, 0.2) is 59.9 Å². The van der Waals surface area contributed by atoms with Gasteiger partial charge >= 0.3 is 18.1 Å². The van der Waals surface area contributed by atoms with Crippen LogP contribution in [0.2, 0.25) is 0 Å². The maximum atomic E-state index is 12.9. The molecule has 1 aromatic rings. The van der Waals surface area contributed by atoms with E-state index in [-0.39, 0.29) is 6.42 Å². The molecule has 1 atom stereocenters. The van der Waals surface area contributed by atoms with Gasteiger partial charge in [-0.05, 0) is 17.7 Å². The van der Waals surface area contributed by atoms with Crippen LogP contribution in [-0.2, 0) is 30.0 Å². The van der Waals surface area contributed by atoms with Gasteiger partial charge in [0.25, 0.3) is 0 Å². The number of hydrogen-bond acceptors (Lipinski definition) is 5. The van der Waals surface area contributed by atoms with Gasteiger partial charge in [0.2, 0.25) is 0 Å². The van der Waals surface area contributed by atoms with Crippen molar-refractivity contribution in [2.75, 3.05) is 14.2 Å². The van der Waals surface area contributed by atoms with Crippen molar-refractivity contribution >= 4 is 11.9 Å². The predicted molar refractivity (Wildman–Crippen MR) is 96.3 cm³/mol. The molecular weight excluding hydrogens is 389 g/mol. The summed E-state index contributed by atoms with van der Waals surface area (Å²) in [4.78, 5) is 25.6. The minimum atomic E-state index is -4.47. The number of benzene rings is 1. The minimum Gasteiger partial charge on any atom is -0.489 e. The molecule has 0 N–H and O–H groups in total. The fraction of sp³-hybridized carbons (Fsp3) is 0.333. The third-order valence-electron chi connectivity index (χ3n) is 5.03. The van der Waals surface area contributed by atoms with Crippen LogP contribution in [-0.4, -0.2) is 26.2 Å². The molecule has 3 rings (SSSR count). The number of rotatable bonds is 3. The second-order valence-corrected chi connectivity index (χ2v) is 6.65. The van der Waals surface area contributed by atoms with Gasteiger partial charge in [-0.1, -0.05) is 36.4 Å². The van der Waals surface area contributed by atoms with Crippen LogP contribution < -0.4 is 0 Å². The standard InChI is InChI=1S/C21H19F3O5/c1-27-18(25)20(19(26)28-2)12-17(29-16-7-5-3-4-6-15(16)20)13-8-10-14(11-9-13)21(22,23)24/h3-6,8-11,17H,7,12H2,1-2H3. The molecule has 1 unspecified atom stereocenters. The van der Waals surface area contributed by atoms with Gasteiger partial charge in [0, 0.05) is 18.4 Å². The smallest absolute Gasteiger partial charge is 0.416 e. The monoisotopic (exact) mass is 408 g/mol. The molecule has 1 aromatic carbocycles. The highest BCUT2D eigenvalue weighted by atomic mass is 19.4. The lowest BCUT2D eigenvalue weighted by molar-refractivity contribution is -0.170. The molecule has 8 heteroatoms. The largest absolute Gasteiger partial charge is 0.489 e. The Kier molecular flexibility index (Phi) is 5.55. The summed E-state index contributed by atoms with van der Waals surface area (Å²) in [5.41, 5.74) is -1.86. The number of alkyl halides is 3. The average Bonchev–Trinajstić information content (AvgIpc) is 2.97. The summed E-state index contributed by atoms with van der Waals surface area (Å²) < 4.78 is 54.5. The van der Waals surface area contributed by atoms with Crippen molar-refractivity contribution in [3.8, 4) is 0 Å². The molecule has 154 valence electrons. The van der Waals surface area contributed by atoms with E-state index in [1.165, 1.54) is 12.1 Å². The van der Waals surface area contributed by atoms with E-state index in [1.54, 1.807) is 24.3 Å². The van der Waals surface area contributed by atoms with Gasteiger partial charge in [0.15, 0.2) is 5.41 Å². The second kappa shape index (κ2) is 7.77. The van der Waals surface area contributed by atoms with Crippen LogP contribution in [0, 0.1) is 5.41 Å². The van der Waals surface area contributed by atoms with E-state index in [4.69, 9.17) is 14.2 Å². The Bertz CT molecular complexity index is 878. The highest BCUT2D eigenvalue weighted by molar-refractivity contribution is 6.04. The van der Waals surface area contributed by atoms with E-state index in [2.05, 4.69) is 0 Å². The summed E-state index contributed by atoms with van der Waals surface area (Å²) in [6, 6.07) is 4.43. The molecule has 1 aliphatic heterocycles. The van der Waals surface area contributed by atoms with Crippen LogP contribution in [0.4, 0.5) is 13.2 Å². The van der Waals surface area contributed by atoms with Gasteiger partial charge in [-0.15, -0.1) is 0 Å². The van der Waals surface area contributed by atoms with Crippen molar-refractivity contribution < 1.29 is 37.0 Å². The molecule has 0 radical (unpaired) electrons. The molecule has 2 aliphatic rings. The lowest BCUT2D eigenvalue weighted by Crippen LogP contribution is -2.46. The Morgan fingerprint density at radius 1 is 1.07 bits per heavy atom. The Morgan fingerprint density at radius 3 is 2.24 bits per heavy atom. The predicted octanol–water partition coefficient (Wildman–Crippen LogP) is 4.27. The van der Waals surface area contributed by atoms with E-state index in [0.717, 1.165) is 26.4 Å². The number of halogens is 3.